The second-order valence-electron chi connectivity index (χ2n) is 5.94. The van der Waals surface area contributed by atoms with Crippen molar-refractivity contribution in [2.75, 3.05) is 40.8 Å². The molecule has 0 amide bonds. The molecule has 0 aromatic heterocycles. The molecule has 0 bridgehead atoms. The Hall–Kier alpha value is -1.56. The van der Waals surface area contributed by atoms with E-state index in [1.807, 2.05) is 0 Å². The summed E-state index contributed by atoms with van der Waals surface area (Å²) in [6, 6.07) is 0. The maximum atomic E-state index is 10.3. The van der Waals surface area contributed by atoms with Gasteiger partial charge in [-0.2, -0.15) is 0 Å². The van der Waals surface area contributed by atoms with Gasteiger partial charge in [0.1, 0.15) is 6.54 Å². The summed E-state index contributed by atoms with van der Waals surface area (Å²) in [6.45, 7) is 1.31. The number of aliphatic hydroxyl groups is 2. The third-order valence-corrected chi connectivity index (χ3v) is 3.25. The van der Waals surface area contributed by atoms with Gasteiger partial charge in [-0.3, -0.25) is 9.59 Å². The zero-order valence-electron chi connectivity index (χ0n) is 15.3. The molecule has 156 valence electrons. The van der Waals surface area contributed by atoms with Crippen LogP contribution in [0.1, 0.15) is 12.8 Å². The summed E-state index contributed by atoms with van der Waals surface area (Å²) in [4.78, 5) is 40.5. The van der Waals surface area contributed by atoms with Crippen molar-refractivity contribution in [3.63, 3.8) is 0 Å². The van der Waals surface area contributed by atoms with Crippen molar-refractivity contribution in [2.24, 2.45) is 5.73 Å². The summed E-state index contributed by atoms with van der Waals surface area (Å²) < 4.78 is 0.964. The number of rotatable bonds is 9. The van der Waals surface area contributed by atoms with Gasteiger partial charge in [-0.15, -0.1) is 0 Å². The Kier molecular flexibility index (Phi) is 16.4. The number of hydrogen-bond donors (Lipinski definition) is 6. The molecule has 11 nitrogen and oxygen atoms in total. The Labute approximate surface area is 158 Å². The Morgan fingerprint density at radius 1 is 1.00 bits per heavy atom. The van der Waals surface area contributed by atoms with Crippen LogP contribution in [-0.2, 0) is 34.1 Å². The summed E-state index contributed by atoms with van der Waals surface area (Å²) in [5, 5.41) is 42.2. The van der Waals surface area contributed by atoms with Crippen LogP contribution in [-0.4, -0.2) is 99.0 Å². The van der Waals surface area contributed by atoms with Gasteiger partial charge in [-0.05, 0) is 0 Å². The zero-order chi connectivity index (χ0) is 21.6. The fourth-order valence-corrected chi connectivity index (χ4v) is 1.31. The number of carboxylic acids is 3. The second kappa shape index (κ2) is 14.6. The molecule has 0 fully saturated rings. The molecule has 0 saturated carbocycles. The summed E-state index contributed by atoms with van der Waals surface area (Å²) in [5.41, 5.74) is 2.19. The van der Waals surface area contributed by atoms with Crippen LogP contribution in [0.2, 0.25) is 5.82 Å². The minimum absolute atomic E-state index is 0.120. The van der Waals surface area contributed by atoms with E-state index < -0.39 is 36.4 Å². The molecule has 0 heterocycles. The van der Waals surface area contributed by atoms with Crippen molar-refractivity contribution in [1.82, 2.24) is 0 Å². The number of quaternary nitrogens is 1. The van der Waals surface area contributed by atoms with Gasteiger partial charge in [0.2, 0.25) is 0 Å². The average molecular weight is 425 g/mol. The van der Waals surface area contributed by atoms with E-state index in [9.17, 15) is 19.2 Å². The van der Waals surface area contributed by atoms with Crippen LogP contribution in [0.4, 0.5) is 0 Å². The molecule has 0 atom stereocenters. The first-order chi connectivity index (χ1) is 11.6. The molecule has 0 spiro atoms. The first kappa shape index (κ1) is 29.2. The molecule has 0 rings (SSSR count). The predicted octanol–water partition coefficient (Wildman–Crippen LogP) is -1.96. The third-order valence-electron chi connectivity index (χ3n) is 2.41. The third kappa shape index (κ3) is 20.5. The van der Waals surface area contributed by atoms with Gasteiger partial charge in [0, 0.05) is 0 Å². The Balaban J connectivity index is -0.000000342. The molecule has 26 heavy (non-hydrogen) atoms. The first-order valence-corrected chi connectivity index (χ1v) is 8.80. The average Bonchev–Trinajstić information content (AvgIpc) is 2.44. The Morgan fingerprint density at radius 3 is 1.46 bits per heavy atom. The maximum absolute atomic E-state index is 10.3. The number of aliphatic hydroxyl groups excluding tert-OH is 1. The summed E-state index contributed by atoms with van der Waals surface area (Å²) in [5.74, 6) is -3.22. The number of hydrogen-bond acceptors (Lipinski definition) is 7. The van der Waals surface area contributed by atoms with Crippen LogP contribution in [0, 0.1) is 0 Å². The van der Waals surface area contributed by atoms with Gasteiger partial charge in [-0.1, -0.05) is 0 Å². The van der Waals surface area contributed by atoms with Crippen LogP contribution in [0.25, 0.3) is 0 Å². The van der Waals surface area contributed by atoms with E-state index in [4.69, 9.17) is 31.3 Å². The van der Waals surface area contributed by atoms with E-state index in [0.717, 1.165) is 11.0 Å². The number of nitrogens with zero attached hydrogens (tertiary/aromatic N) is 1. The molecule has 0 aliphatic carbocycles. The molecule has 0 unspecified atom stereocenters. The molecule has 0 radical (unpaired) electrons. The van der Waals surface area contributed by atoms with Crippen LogP contribution in [0.3, 0.4) is 0 Å². The van der Waals surface area contributed by atoms with Crippen LogP contribution in [0.15, 0.2) is 0 Å². The van der Waals surface area contributed by atoms with E-state index in [0.29, 0.717) is 15.0 Å². The molecule has 0 saturated heterocycles. The van der Waals surface area contributed by atoms with Crippen LogP contribution < -0.4 is 5.73 Å². The summed E-state index contributed by atoms with van der Waals surface area (Å²) in [6.07, 6.45) is -2.29. The Morgan fingerprint density at radius 2 is 1.38 bits per heavy atom. The van der Waals surface area contributed by atoms with Crippen molar-refractivity contribution in [3.05, 3.63) is 0 Å². The van der Waals surface area contributed by atoms with Gasteiger partial charge >= 0.3 is 60.4 Å². The number of nitrogens with two attached hydrogens (primary N) is 1. The molecule has 7 N–H and O–H groups in total. The molecule has 0 aliphatic heterocycles. The van der Waals surface area contributed by atoms with E-state index in [1.54, 1.807) is 5.82 Å². The monoisotopic (exact) mass is 425 g/mol. The molecular formula is C14H29FeN2O9+. The van der Waals surface area contributed by atoms with Crippen LogP contribution >= 0.6 is 0 Å². The van der Waals surface area contributed by atoms with E-state index in [2.05, 4.69) is 21.1 Å². The fraction of sp³-hybridized carbons (Fsp3) is 0.714. The minimum atomic E-state index is -2.74. The number of carboxylic acid groups (broad SMARTS) is 3. The van der Waals surface area contributed by atoms with E-state index in [-0.39, 0.29) is 17.8 Å². The van der Waals surface area contributed by atoms with Gasteiger partial charge in [0.05, 0.1) is 40.6 Å². The molecule has 0 aromatic rings. The van der Waals surface area contributed by atoms with Crippen molar-refractivity contribution < 1.29 is 64.2 Å². The number of carbonyl (C=O) groups excluding carboxylic acids is 1. The topological polar surface area (TPSA) is 195 Å². The molecular weight excluding hydrogens is 396 g/mol. The van der Waals surface area contributed by atoms with Crippen molar-refractivity contribution in [2.45, 2.75) is 24.3 Å². The van der Waals surface area contributed by atoms with Crippen molar-refractivity contribution in [1.29, 1.82) is 0 Å². The van der Waals surface area contributed by atoms with Gasteiger partial charge in [0.25, 0.3) is 0 Å². The summed E-state index contributed by atoms with van der Waals surface area (Å²) >= 11 is 0.566. The number of likely N-dealkylation sites (N-methyl/N-ethyl adjacent to an activating group) is 1. The fourth-order valence-electron chi connectivity index (χ4n) is 1.09. The number of carbonyl (C=O) groups is 4. The molecule has 0 aromatic carbocycles. The summed E-state index contributed by atoms with van der Waals surface area (Å²) in [7, 11) is 6.16. The van der Waals surface area contributed by atoms with Gasteiger partial charge in [0.15, 0.2) is 5.60 Å². The molecule has 12 heteroatoms. The van der Waals surface area contributed by atoms with E-state index >= 15 is 0 Å². The van der Waals surface area contributed by atoms with Gasteiger partial charge < -0.3 is 30.0 Å². The van der Waals surface area contributed by atoms with Crippen molar-refractivity contribution >= 4 is 22.6 Å². The number of aliphatic carboxylic acids is 3. The van der Waals surface area contributed by atoms with Crippen LogP contribution in [0.5, 0.6) is 0 Å². The quantitative estimate of drug-likeness (QED) is 0.178. The normalized spacial score (nSPS) is 10.7. The van der Waals surface area contributed by atoms with Gasteiger partial charge in [-0.25, -0.2) is 4.79 Å². The predicted molar refractivity (Wildman–Crippen MR) is 87.0 cm³/mol. The standard InChI is InChI=1S/C6H8O7.C5H14NO.C2H4NO.CH3.Fe/c7-3(8)1-6(13,5(11)12)2-4(9)10;1-6(2,3)4-5-7;3-1-2-4;;/h13H,1-2H2,(H,7,8)(H,9,10)(H,11,12);7H,4-5H2,1-3H3;1,3H2;1H3;/q;+1;;;. The zero-order valence-corrected chi connectivity index (χ0v) is 16.4. The second-order valence-corrected chi connectivity index (χ2v) is 7.11. The molecule has 0 aliphatic rings. The Bertz CT molecular complexity index is 442. The van der Waals surface area contributed by atoms with E-state index in [1.165, 1.54) is 0 Å². The van der Waals surface area contributed by atoms with Crippen molar-refractivity contribution in [3.8, 4) is 0 Å². The SMILES string of the molecule is C[N+](C)(C)CCO.O=C(O)CC(O)(CC(=O)O)C(=O)O.[CH3][Fe][C](=O)CN. The first-order valence-electron chi connectivity index (χ1n) is 7.14.